The lowest BCUT2D eigenvalue weighted by atomic mass is 10.1. The molecule has 2 amide bonds. The predicted molar refractivity (Wildman–Crippen MR) is 122 cm³/mol. The molecule has 0 aliphatic heterocycles. The summed E-state index contributed by atoms with van der Waals surface area (Å²) in [4.78, 5) is 47.6. The first-order valence-electron chi connectivity index (χ1n) is 9.60. The second-order valence-corrected chi connectivity index (χ2v) is 8.08. The van der Waals surface area contributed by atoms with Crippen molar-refractivity contribution < 1.29 is 24.0 Å². The van der Waals surface area contributed by atoms with Crippen LogP contribution in [-0.2, 0) is 14.3 Å². The molecule has 9 nitrogen and oxygen atoms in total. The minimum absolute atomic E-state index is 0.0432. The van der Waals surface area contributed by atoms with Crippen LogP contribution in [0.5, 0.6) is 0 Å². The summed E-state index contributed by atoms with van der Waals surface area (Å²) in [6.07, 6.45) is 0. The first-order chi connectivity index (χ1) is 15.8. The maximum absolute atomic E-state index is 12.4. The number of rotatable bonds is 9. The topological polar surface area (TPSA) is 128 Å². The Hall–Kier alpha value is -3.76. The van der Waals surface area contributed by atoms with Crippen molar-refractivity contribution in [2.24, 2.45) is 0 Å². The molecule has 1 aromatic heterocycles. The minimum Gasteiger partial charge on any atom is -0.454 e. The molecule has 0 aliphatic carbocycles. The van der Waals surface area contributed by atoms with E-state index in [1.54, 1.807) is 0 Å². The van der Waals surface area contributed by atoms with E-state index < -0.39 is 47.6 Å². The van der Waals surface area contributed by atoms with Crippen LogP contribution in [0.4, 0.5) is 5.69 Å². The number of ether oxygens (including phenoxy) is 1. The SMILES string of the molecule is O=C(COC(=O)CNC(=O)c1ccc(Cl)c([N+](=O)[O-])c1)NC(c1ccccc1)c1cccs1. The molecule has 0 aliphatic rings. The number of esters is 1. The third kappa shape index (κ3) is 6.61. The molecule has 0 bridgehead atoms. The molecule has 3 rings (SSSR count). The molecule has 2 aromatic carbocycles. The summed E-state index contributed by atoms with van der Waals surface area (Å²) in [6, 6.07) is 16.2. The molecule has 2 N–H and O–H groups in total. The van der Waals surface area contributed by atoms with Crippen LogP contribution < -0.4 is 10.6 Å². The van der Waals surface area contributed by atoms with Crippen LogP contribution in [0.25, 0.3) is 0 Å². The van der Waals surface area contributed by atoms with Crippen LogP contribution in [0, 0.1) is 10.1 Å². The van der Waals surface area contributed by atoms with E-state index in [1.165, 1.54) is 23.5 Å². The maximum Gasteiger partial charge on any atom is 0.325 e. The van der Waals surface area contributed by atoms with Gasteiger partial charge >= 0.3 is 5.97 Å². The molecule has 0 saturated heterocycles. The highest BCUT2D eigenvalue weighted by Gasteiger charge is 2.20. The van der Waals surface area contributed by atoms with E-state index in [1.807, 2.05) is 47.8 Å². The minimum atomic E-state index is -0.839. The molecule has 1 unspecified atom stereocenters. The van der Waals surface area contributed by atoms with Crippen molar-refractivity contribution in [3.8, 4) is 0 Å². The van der Waals surface area contributed by atoms with Crippen molar-refractivity contribution in [3.05, 3.63) is 97.2 Å². The summed E-state index contributed by atoms with van der Waals surface area (Å²) in [6.45, 7) is -1.05. The van der Waals surface area contributed by atoms with E-state index >= 15 is 0 Å². The Balaban J connectivity index is 1.51. The molecule has 3 aromatic rings. The highest BCUT2D eigenvalue weighted by Crippen LogP contribution is 2.26. The molecule has 1 heterocycles. The number of hydrogen-bond donors (Lipinski definition) is 2. The number of carbonyl (C=O) groups excluding carboxylic acids is 3. The maximum atomic E-state index is 12.4. The summed E-state index contributed by atoms with van der Waals surface area (Å²) in [5.41, 5.74) is 0.407. The Morgan fingerprint density at radius 2 is 1.85 bits per heavy atom. The van der Waals surface area contributed by atoms with Gasteiger partial charge in [-0.05, 0) is 29.1 Å². The molecule has 170 valence electrons. The quantitative estimate of drug-likeness (QED) is 0.270. The molecule has 0 saturated carbocycles. The van der Waals surface area contributed by atoms with Crippen LogP contribution >= 0.6 is 22.9 Å². The number of halogens is 1. The Morgan fingerprint density at radius 3 is 2.52 bits per heavy atom. The zero-order chi connectivity index (χ0) is 23.8. The van der Waals surface area contributed by atoms with Gasteiger partial charge in [0.25, 0.3) is 17.5 Å². The smallest absolute Gasteiger partial charge is 0.325 e. The lowest BCUT2D eigenvalue weighted by Crippen LogP contribution is -2.35. The predicted octanol–water partition coefficient (Wildman–Crippen LogP) is 3.49. The molecule has 0 radical (unpaired) electrons. The van der Waals surface area contributed by atoms with E-state index in [2.05, 4.69) is 10.6 Å². The highest BCUT2D eigenvalue weighted by atomic mass is 35.5. The molecule has 0 spiro atoms. The lowest BCUT2D eigenvalue weighted by molar-refractivity contribution is -0.384. The van der Waals surface area contributed by atoms with Crippen molar-refractivity contribution in [1.82, 2.24) is 10.6 Å². The number of nitro benzene ring substituents is 1. The van der Waals surface area contributed by atoms with Gasteiger partial charge in [-0.2, -0.15) is 0 Å². The average Bonchev–Trinajstić information content (AvgIpc) is 3.35. The van der Waals surface area contributed by atoms with Gasteiger partial charge in [-0.25, -0.2) is 0 Å². The zero-order valence-corrected chi connectivity index (χ0v) is 18.6. The molecular weight excluding hydrogens is 470 g/mol. The van der Waals surface area contributed by atoms with Crippen molar-refractivity contribution >= 4 is 46.4 Å². The molecular formula is C22H18ClN3O6S. The molecule has 33 heavy (non-hydrogen) atoms. The normalized spacial score (nSPS) is 11.3. The first-order valence-corrected chi connectivity index (χ1v) is 10.9. The van der Waals surface area contributed by atoms with Gasteiger partial charge in [-0.3, -0.25) is 24.5 Å². The van der Waals surface area contributed by atoms with Gasteiger partial charge in [0, 0.05) is 16.5 Å². The summed E-state index contributed by atoms with van der Waals surface area (Å²) in [5.74, 6) is -2.07. The van der Waals surface area contributed by atoms with Gasteiger partial charge < -0.3 is 15.4 Å². The van der Waals surface area contributed by atoms with Crippen molar-refractivity contribution in [2.75, 3.05) is 13.2 Å². The van der Waals surface area contributed by atoms with E-state index in [9.17, 15) is 24.5 Å². The van der Waals surface area contributed by atoms with Gasteiger partial charge in [0.05, 0.1) is 11.0 Å². The second kappa shape index (κ2) is 11.2. The van der Waals surface area contributed by atoms with E-state index in [0.717, 1.165) is 16.5 Å². The standard InChI is InChI=1S/C22H18ClN3O6S/c23-16-9-8-15(11-17(16)26(30)31)22(29)24-12-20(28)32-13-19(27)25-21(18-7-4-10-33-18)14-5-2-1-3-6-14/h1-11,21H,12-13H2,(H,24,29)(H,25,27). The Kier molecular flexibility index (Phi) is 8.11. The fraction of sp³-hybridized carbons (Fsp3) is 0.136. The van der Waals surface area contributed by atoms with Gasteiger partial charge in [-0.15, -0.1) is 11.3 Å². The summed E-state index contributed by atoms with van der Waals surface area (Å²) in [5, 5.41) is 17.8. The number of amides is 2. The molecule has 0 fully saturated rings. The number of nitro groups is 1. The number of thiophene rings is 1. The fourth-order valence-corrected chi connectivity index (χ4v) is 3.86. The number of benzene rings is 2. The number of hydrogen-bond acceptors (Lipinski definition) is 7. The van der Waals surface area contributed by atoms with E-state index in [-0.39, 0.29) is 10.6 Å². The van der Waals surface area contributed by atoms with E-state index in [0.29, 0.717) is 0 Å². The summed E-state index contributed by atoms with van der Waals surface area (Å²) >= 11 is 7.20. The molecule has 1 atom stereocenters. The lowest BCUT2D eigenvalue weighted by Gasteiger charge is -2.18. The van der Waals surface area contributed by atoms with Gasteiger partial charge in [0.1, 0.15) is 11.6 Å². The van der Waals surface area contributed by atoms with E-state index in [4.69, 9.17) is 16.3 Å². The Morgan fingerprint density at radius 1 is 1.09 bits per heavy atom. The summed E-state index contributed by atoms with van der Waals surface area (Å²) < 4.78 is 4.93. The first kappa shape index (κ1) is 23.9. The molecule has 11 heteroatoms. The van der Waals surface area contributed by atoms with Crippen LogP contribution in [0.1, 0.15) is 26.8 Å². The van der Waals surface area contributed by atoms with Crippen LogP contribution in [-0.4, -0.2) is 35.9 Å². The Bertz CT molecular complexity index is 1150. The van der Waals surface area contributed by atoms with Crippen molar-refractivity contribution in [2.45, 2.75) is 6.04 Å². The number of nitrogens with one attached hydrogen (secondary N) is 2. The highest BCUT2D eigenvalue weighted by molar-refractivity contribution is 7.10. The van der Waals surface area contributed by atoms with Crippen LogP contribution in [0.15, 0.2) is 66.0 Å². The fourth-order valence-electron chi connectivity index (χ4n) is 2.87. The van der Waals surface area contributed by atoms with Gasteiger partial charge in [0.2, 0.25) is 0 Å². The zero-order valence-electron chi connectivity index (χ0n) is 17.0. The largest absolute Gasteiger partial charge is 0.454 e. The average molecular weight is 488 g/mol. The van der Waals surface area contributed by atoms with Gasteiger partial charge in [-0.1, -0.05) is 48.0 Å². The monoisotopic (exact) mass is 487 g/mol. The number of nitrogens with zero attached hydrogens (tertiary/aromatic N) is 1. The third-order valence-electron chi connectivity index (χ3n) is 4.43. The second-order valence-electron chi connectivity index (χ2n) is 6.69. The van der Waals surface area contributed by atoms with Crippen LogP contribution in [0.3, 0.4) is 0 Å². The Labute approximate surface area is 197 Å². The van der Waals surface area contributed by atoms with Crippen LogP contribution in [0.2, 0.25) is 5.02 Å². The third-order valence-corrected chi connectivity index (χ3v) is 5.69. The van der Waals surface area contributed by atoms with Crippen molar-refractivity contribution in [3.63, 3.8) is 0 Å². The van der Waals surface area contributed by atoms with Crippen molar-refractivity contribution in [1.29, 1.82) is 0 Å². The summed E-state index contributed by atoms with van der Waals surface area (Å²) in [7, 11) is 0. The van der Waals surface area contributed by atoms with Gasteiger partial charge in [0.15, 0.2) is 6.61 Å². The number of carbonyl (C=O) groups is 3.